The van der Waals surface area contributed by atoms with Gasteiger partial charge in [-0.3, -0.25) is 4.79 Å². The number of carbonyl (C=O) groups is 1. The molecule has 22 heavy (non-hydrogen) atoms. The van der Waals surface area contributed by atoms with Gasteiger partial charge in [0.25, 0.3) is 5.91 Å². The number of hydrazone groups is 1. The number of benzene rings is 2. The highest BCUT2D eigenvalue weighted by Crippen LogP contribution is 2.12. The molecule has 0 saturated heterocycles. The quantitative estimate of drug-likeness (QED) is 0.536. The maximum atomic E-state index is 13.3. The first-order chi connectivity index (χ1) is 10.5. The Bertz CT molecular complexity index is 715. The molecule has 7 heteroatoms. The lowest BCUT2D eigenvalue weighted by molar-refractivity contribution is 0.0955. The number of hydrogen-bond acceptors (Lipinski definition) is 3. The minimum atomic E-state index is -1.29. The zero-order valence-corrected chi connectivity index (χ0v) is 11.4. The number of nitrogens with zero attached hydrogens (tertiary/aromatic N) is 1. The van der Waals surface area contributed by atoms with E-state index < -0.39 is 23.4 Å². The van der Waals surface area contributed by atoms with E-state index in [1.807, 2.05) is 0 Å². The molecule has 0 spiro atoms. The minimum absolute atomic E-state index is 0.283. The first-order valence-corrected chi connectivity index (χ1v) is 6.13. The van der Waals surface area contributed by atoms with Crippen LogP contribution in [0.2, 0.25) is 0 Å². The summed E-state index contributed by atoms with van der Waals surface area (Å²) in [5.74, 6) is -3.44. The zero-order chi connectivity index (χ0) is 16.1. The molecule has 0 saturated carbocycles. The molecule has 0 atom stereocenters. The van der Waals surface area contributed by atoms with Gasteiger partial charge in [-0.05, 0) is 30.3 Å². The lowest BCUT2D eigenvalue weighted by Gasteiger charge is -2.02. The summed E-state index contributed by atoms with van der Waals surface area (Å²) in [5, 5.41) is 3.51. The number of rotatable bonds is 4. The van der Waals surface area contributed by atoms with E-state index in [4.69, 9.17) is 4.74 Å². The molecule has 0 radical (unpaired) electrons. The second-order valence-electron chi connectivity index (χ2n) is 4.22. The van der Waals surface area contributed by atoms with E-state index >= 15 is 0 Å². The van der Waals surface area contributed by atoms with Gasteiger partial charge in [0.1, 0.15) is 11.6 Å². The number of amides is 1. The zero-order valence-electron chi connectivity index (χ0n) is 11.4. The van der Waals surface area contributed by atoms with Crippen LogP contribution in [0.1, 0.15) is 15.9 Å². The van der Waals surface area contributed by atoms with E-state index in [2.05, 4.69) is 10.5 Å². The van der Waals surface area contributed by atoms with Crippen LogP contribution in [-0.4, -0.2) is 19.2 Å². The Hall–Kier alpha value is -2.83. The molecular formula is C15H11F3N2O2. The predicted octanol–water partition coefficient (Wildman–Crippen LogP) is 2.88. The number of halogens is 3. The van der Waals surface area contributed by atoms with Crippen molar-refractivity contribution >= 4 is 12.1 Å². The van der Waals surface area contributed by atoms with Crippen molar-refractivity contribution in [2.24, 2.45) is 5.10 Å². The van der Waals surface area contributed by atoms with Gasteiger partial charge in [0, 0.05) is 17.2 Å². The van der Waals surface area contributed by atoms with Crippen LogP contribution in [0.15, 0.2) is 41.5 Å². The number of nitrogens with one attached hydrogen (secondary N) is 1. The van der Waals surface area contributed by atoms with Gasteiger partial charge >= 0.3 is 0 Å². The van der Waals surface area contributed by atoms with Gasteiger partial charge in [-0.2, -0.15) is 5.10 Å². The third-order valence-electron chi connectivity index (χ3n) is 2.76. The normalized spacial score (nSPS) is 10.7. The number of ether oxygens (including phenoxy) is 1. The standard InChI is InChI=1S/C15H11F3N2O2/c1-22-11-4-2-9(3-5-11)15(21)20-19-8-10-6-13(17)14(18)7-12(10)16/h2-8H,1H3,(H,20,21)/b19-8+. The maximum Gasteiger partial charge on any atom is 0.271 e. The SMILES string of the molecule is COc1ccc(C(=O)N/N=C/c2cc(F)c(F)cc2F)cc1. The summed E-state index contributed by atoms with van der Waals surface area (Å²) in [6, 6.07) is 7.26. The van der Waals surface area contributed by atoms with Crippen molar-refractivity contribution in [3.05, 3.63) is 65.0 Å². The molecule has 0 aliphatic heterocycles. The van der Waals surface area contributed by atoms with Crippen molar-refractivity contribution < 1.29 is 22.7 Å². The fraction of sp³-hybridized carbons (Fsp3) is 0.0667. The molecular weight excluding hydrogens is 297 g/mol. The highest BCUT2D eigenvalue weighted by Gasteiger charge is 2.08. The van der Waals surface area contributed by atoms with E-state index in [9.17, 15) is 18.0 Å². The second-order valence-corrected chi connectivity index (χ2v) is 4.22. The van der Waals surface area contributed by atoms with E-state index in [1.165, 1.54) is 19.2 Å². The lowest BCUT2D eigenvalue weighted by Crippen LogP contribution is -2.17. The molecule has 2 rings (SSSR count). The Morgan fingerprint density at radius 2 is 1.73 bits per heavy atom. The van der Waals surface area contributed by atoms with E-state index in [-0.39, 0.29) is 5.56 Å². The van der Waals surface area contributed by atoms with Crippen LogP contribution in [0.25, 0.3) is 0 Å². The van der Waals surface area contributed by atoms with E-state index in [0.29, 0.717) is 23.4 Å². The number of hydrogen-bond donors (Lipinski definition) is 1. The molecule has 0 bridgehead atoms. The second kappa shape index (κ2) is 6.75. The van der Waals surface area contributed by atoms with E-state index in [1.54, 1.807) is 12.1 Å². The van der Waals surface area contributed by atoms with Gasteiger partial charge in [-0.15, -0.1) is 0 Å². The third kappa shape index (κ3) is 3.63. The summed E-state index contributed by atoms with van der Waals surface area (Å²) in [7, 11) is 1.50. The molecule has 114 valence electrons. The minimum Gasteiger partial charge on any atom is -0.497 e. The van der Waals surface area contributed by atoms with Crippen LogP contribution in [0.4, 0.5) is 13.2 Å². The molecule has 0 unspecified atom stereocenters. The molecule has 0 aliphatic rings. The highest BCUT2D eigenvalue weighted by atomic mass is 19.2. The average Bonchev–Trinajstić information content (AvgIpc) is 2.52. The molecule has 1 N–H and O–H groups in total. The Morgan fingerprint density at radius 1 is 1.09 bits per heavy atom. The van der Waals surface area contributed by atoms with Crippen LogP contribution in [0.3, 0.4) is 0 Å². The van der Waals surface area contributed by atoms with Gasteiger partial charge in [-0.1, -0.05) is 0 Å². The van der Waals surface area contributed by atoms with Crippen molar-refractivity contribution in [3.8, 4) is 5.75 Å². The summed E-state index contributed by atoms with van der Waals surface area (Å²) in [6.45, 7) is 0. The van der Waals surface area contributed by atoms with Crippen molar-refractivity contribution in [1.29, 1.82) is 0 Å². The molecule has 0 aliphatic carbocycles. The van der Waals surface area contributed by atoms with Crippen molar-refractivity contribution in [2.45, 2.75) is 0 Å². The van der Waals surface area contributed by atoms with Gasteiger partial charge in [0.05, 0.1) is 13.3 Å². The Morgan fingerprint density at radius 3 is 2.36 bits per heavy atom. The highest BCUT2D eigenvalue weighted by molar-refractivity contribution is 5.95. The van der Waals surface area contributed by atoms with Crippen LogP contribution < -0.4 is 10.2 Å². The Kier molecular flexibility index (Phi) is 4.77. The van der Waals surface area contributed by atoms with Crippen LogP contribution >= 0.6 is 0 Å². The van der Waals surface area contributed by atoms with E-state index in [0.717, 1.165) is 6.21 Å². The Labute approximate surface area is 124 Å². The molecule has 4 nitrogen and oxygen atoms in total. The molecule has 0 aromatic heterocycles. The molecule has 2 aromatic rings. The lowest BCUT2D eigenvalue weighted by atomic mass is 10.2. The Balaban J connectivity index is 2.05. The predicted molar refractivity (Wildman–Crippen MR) is 74.4 cm³/mol. The van der Waals surface area contributed by atoms with Crippen molar-refractivity contribution in [3.63, 3.8) is 0 Å². The fourth-order valence-electron chi connectivity index (χ4n) is 1.60. The summed E-state index contributed by atoms with van der Waals surface area (Å²) in [5.41, 5.74) is 2.18. The average molecular weight is 308 g/mol. The first-order valence-electron chi connectivity index (χ1n) is 6.13. The van der Waals surface area contributed by atoms with Gasteiger partial charge < -0.3 is 4.74 Å². The van der Waals surface area contributed by atoms with Crippen LogP contribution in [0.5, 0.6) is 5.75 Å². The summed E-state index contributed by atoms with van der Waals surface area (Å²) >= 11 is 0. The monoisotopic (exact) mass is 308 g/mol. The molecule has 0 heterocycles. The van der Waals surface area contributed by atoms with Gasteiger partial charge in [-0.25, -0.2) is 18.6 Å². The van der Waals surface area contributed by atoms with Gasteiger partial charge in [0.2, 0.25) is 0 Å². The summed E-state index contributed by atoms with van der Waals surface area (Å²) in [6.07, 6.45) is 0.888. The molecule has 0 fully saturated rings. The van der Waals surface area contributed by atoms with Gasteiger partial charge in [0.15, 0.2) is 11.6 Å². The summed E-state index contributed by atoms with van der Waals surface area (Å²) in [4.78, 5) is 11.7. The maximum absolute atomic E-state index is 13.3. The number of carbonyl (C=O) groups excluding carboxylic acids is 1. The first kappa shape index (κ1) is 15.6. The number of methoxy groups -OCH3 is 1. The smallest absolute Gasteiger partial charge is 0.271 e. The fourth-order valence-corrected chi connectivity index (χ4v) is 1.60. The third-order valence-corrected chi connectivity index (χ3v) is 2.76. The topological polar surface area (TPSA) is 50.7 Å². The largest absolute Gasteiger partial charge is 0.497 e. The molecule has 1 amide bonds. The van der Waals surface area contributed by atoms with Crippen LogP contribution in [-0.2, 0) is 0 Å². The van der Waals surface area contributed by atoms with Crippen molar-refractivity contribution in [2.75, 3.05) is 7.11 Å². The molecule has 2 aromatic carbocycles. The van der Waals surface area contributed by atoms with Crippen LogP contribution in [0, 0.1) is 17.5 Å². The van der Waals surface area contributed by atoms with Crippen molar-refractivity contribution in [1.82, 2.24) is 5.43 Å². The summed E-state index contributed by atoms with van der Waals surface area (Å²) < 4.78 is 44.0.